The van der Waals surface area contributed by atoms with Crippen LogP contribution in [-0.4, -0.2) is 48.6 Å². The van der Waals surface area contributed by atoms with Crippen LogP contribution in [-0.2, 0) is 16.8 Å². The van der Waals surface area contributed by atoms with E-state index in [4.69, 9.17) is 10.2 Å². The number of hydrogen-bond acceptors (Lipinski definition) is 4. The van der Waals surface area contributed by atoms with Crippen LogP contribution < -0.4 is 10.6 Å². The summed E-state index contributed by atoms with van der Waals surface area (Å²) in [4.78, 5) is 0. The molecule has 0 aromatic heterocycles. The number of hydrogen-bond donors (Lipinski definition) is 4. The van der Waals surface area contributed by atoms with E-state index in [-0.39, 0.29) is 29.0 Å². The first-order valence-electron chi connectivity index (χ1n) is 7.11. The third-order valence-electron chi connectivity index (χ3n) is 3.05. The molecule has 4 nitrogen and oxygen atoms in total. The van der Waals surface area contributed by atoms with E-state index in [0.717, 1.165) is 25.7 Å². The van der Waals surface area contributed by atoms with Crippen LogP contribution >= 0.6 is 0 Å². The summed E-state index contributed by atoms with van der Waals surface area (Å²) in [6.07, 6.45) is 3.52. The molecule has 4 atom stereocenters. The van der Waals surface area contributed by atoms with Gasteiger partial charge in [-0.3, -0.25) is 0 Å². The van der Waals surface area contributed by atoms with E-state index in [1.807, 2.05) is 27.9 Å². The zero-order chi connectivity index (χ0) is 14.6. The zero-order valence-electron chi connectivity index (χ0n) is 13.4. The van der Waals surface area contributed by atoms with Gasteiger partial charge in [-0.2, -0.15) is 0 Å². The fraction of sp³-hybridized carbons (Fsp3) is 1.00. The number of aliphatic hydroxyl groups is 2. The van der Waals surface area contributed by atoms with Crippen LogP contribution in [0.5, 0.6) is 0 Å². The molecule has 5 heteroatoms. The van der Waals surface area contributed by atoms with Gasteiger partial charge in [-0.25, -0.2) is 0 Å². The first-order chi connectivity index (χ1) is 8.40. The van der Waals surface area contributed by atoms with E-state index in [1.165, 1.54) is 0 Å². The Labute approximate surface area is 129 Å². The average Bonchev–Trinajstić information content (AvgIpc) is 2.33. The molecule has 0 aromatic carbocycles. The zero-order valence-corrected chi connectivity index (χ0v) is 14.4. The van der Waals surface area contributed by atoms with Gasteiger partial charge in [0.2, 0.25) is 0 Å². The topological polar surface area (TPSA) is 64.5 Å². The third kappa shape index (κ3) is 18.3. The Morgan fingerprint density at radius 3 is 1.11 bits per heavy atom. The van der Waals surface area contributed by atoms with Crippen molar-refractivity contribution in [1.29, 1.82) is 0 Å². The fourth-order valence-electron chi connectivity index (χ4n) is 1.80. The first-order valence-corrected chi connectivity index (χ1v) is 7.11. The minimum Gasteiger partial charge on any atom is -0.393 e. The molecule has 0 spiro atoms. The summed E-state index contributed by atoms with van der Waals surface area (Å²) >= 11 is 0. The van der Waals surface area contributed by atoms with Crippen LogP contribution in [0.3, 0.4) is 0 Å². The molecule has 121 valence electrons. The summed E-state index contributed by atoms with van der Waals surface area (Å²) in [5.41, 5.74) is 0. The van der Waals surface area contributed by atoms with Crippen LogP contribution in [0.2, 0.25) is 0 Å². The molecule has 0 aliphatic rings. The van der Waals surface area contributed by atoms with E-state index in [9.17, 15) is 0 Å². The molecule has 0 aliphatic carbocycles. The summed E-state index contributed by atoms with van der Waals surface area (Å²) in [7, 11) is 3.85. The van der Waals surface area contributed by atoms with Crippen molar-refractivity contribution in [3.05, 3.63) is 0 Å². The Morgan fingerprint density at radius 2 is 1.05 bits per heavy atom. The maximum Gasteiger partial charge on any atom is 0.0526 e. The van der Waals surface area contributed by atoms with Gasteiger partial charge in [-0.1, -0.05) is 13.8 Å². The Bertz CT molecular complexity index is 144. The second-order valence-corrected chi connectivity index (χ2v) is 4.96. The molecule has 0 fully saturated rings. The maximum atomic E-state index is 8.94. The van der Waals surface area contributed by atoms with E-state index in [2.05, 4.69) is 24.5 Å². The van der Waals surface area contributed by atoms with Crippen molar-refractivity contribution >= 4 is 0 Å². The predicted molar refractivity (Wildman–Crippen MR) is 78.9 cm³/mol. The van der Waals surface area contributed by atoms with E-state index in [1.54, 1.807) is 0 Å². The Hall–Kier alpha value is 0.346. The summed E-state index contributed by atoms with van der Waals surface area (Å²) in [5, 5.41) is 24.1. The molecule has 19 heavy (non-hydrogen) atoms. The minimum absolute atomic E-state index is 0. The van der Waals surface area contributed by atoms with Crippen LogP contribution in [0, 0.1) is 0 Å². The smallest absolute Gasteiger partial charge is 0.0526 e. The van der Waals surface area contributed by atoms with Crippen molar-refractivity contribution in [2.45, 2.75) is 77.7 Å². The van der Waals surface area contributed by atoms with E-state index in [0.29, 0.717) is 12.1 Å². The molecular weight excluding hydrogens is 287 g/mol. The van der Waals surface area contributed by atoms with Crippen molar-refractivity contribution in [2.24, 2.45) is 0 Å². The molecule has 0 saturated carbocycles. The normalized spacial score (nSPS) is 16.4. The number of rotatable bonds is 8. The standard InChI is InChI=1S/2C7H17NO.Co/c2*1-4-7(8-3)5-6(2)9;/h2*6-9H,4-5H2,1-3H3;. The summed E-state index contributed by atoms with van der Waals surface area (Å²) < 4.78 is 0. The molecule has 1 radical (unpaired) electrons. The van der Waals surface area contributed by atoms with E-state index < -0.39 is 0 Å². The van der Waals surface area contributed by atoms with Crippen molar-refractivity contribution in [1.82, 2.24) is 10.6 Å². The van der Waals surface area contributed by atoms with Crippen LogP contribution in [0.15, 0.2) is 0 Å². The second kappa shape index (κ2) is 16.4. The van der Waals surface area contributed by atoms with Crippen LogP contribution in [0.25, 0.3) is 0 Å². The summed E-state index contributed by atoms with van der Waals surface area (Å²) in [6.45, 7) is 7.87. The third-order valence-corrected chi connectivity index (χ3v) is 3.05. The number of nitrogens with one attached hydrogen (secondary N) is 2. The van der Waals surface area contributed by atoms with Crippen molar-refractivity contribution in [3.8, 4) is 0 Å². The Balaban J connectivity index is -0.000000256. The quantitative estimate of drug-likeness (QED) is 0.547. The van der Waals surface area contributed by atoms with Gasteiger partial charge in [-0.05, 0) is 53.6 Å². The predicted octanol–water partition coefficient (Wildman–Crippen LogP) is 1.51. The molecule has 0 aliphatic heterocycles. The van der Waals surface area contributed by atoms with Crippen LogP contribution in [0.4, 0.5) is 0 Å². The molecule has 0 rings (SSSR count). The maximum absolute atomic E-state index is 8.94. The largest absolute Gasteiger partial charge is 0.393 e. The second-order valence-electron chi connectivity index (χ2n) is 4.96. The van der Waals surface area contributed by atoms with Crippen molar-refractivity contribution < 1.29 is 27.0 Å². The monoisotopic (exact) mass is 321 g/mol. The van der Waals surface area contributed by atoms with Gasteiger partial charge in [0.1, 0.15) is 0 Å². The molecule has 0 aromatic rings. The van der Waals surface area contributed by atoms with Crippen LogP contribution in [0.1, 0.15) is 53.4 Å². The summed E-state index contributed by atoms with van der Waals surface area (Å²) in [6, 6.07) is 0.954. The molecule has 4 unspecified atom stereocenters. The fourth-order valence-corrected chi connectivity index (χ4v) is 1.80. The molecule has 0 saturated heterocycles. The van der Waals surface area contributed by atoms with Gasteiger partial charge in [0, 0.05) is 28.9 Å². The van der Waals surface area contributed by atoms with Gasteiger partial charge in [0.15, 0.2) is 0 Å². The Kier molecular flexibility index (Phi) is 21.0. The molecule has 0 heterocycles. The van der Waals surface area contributed by atoms with Gasteiger partial charge < -0.3 is 20.8 Å². The molecule has 0 amide bonds. The van der Waals surface area contributed by atoms with Gasteiger partial charge in [0.25, 0.3) is 0 Å². The SMILES string of the molecule is CCC(CC(C)O)NC.CCC(CC(C)O)NC.[Co]. The molecule has 0 bridgehead atoms. The minimum atomic E-state index is -0.178. The molecule has 4 N–H and O–H groups in total. The van der Waals surface area contributed by atoms with Gasteiger partial charge in [0.05, 0.1) is 12.2 Å². The van der Waals surface area contributed by atoms with Gasteiger partial charge in [-0.15, -0.1) is 0 Å². The van der Waals surface area contributed by atoms with Crippen molar-refractivity contribution in [2.75, 3.05) is 14.1 Å². The van der Waals surface area contributed by atoms with Gasteiger partial charge >= 0.3 is 0 Å². The Morgan fingerprint density at radius 1 is 0.789 bits per heavy atom. The van der Waals surface area contributed by atoms with Crippen molar-refractivity contribution in [3.63, 3.8) is 0 Å². The first kappa shape index (κ1) is 24.4. The summed E-state index contributed by atoms with van der Waals surface area (Å²) in [5.74, 6) is 0. The average molecular weight is 321 g/mol. The van der Waals surface area contributed by atoms with E-state index >= 15 is 0 Å². The number of aliphatic hydroxyl groups excluding tert-OH is 2. The molecular formula is C14H34CoN2O2.